The van der Waals surface area contributed by atoms with Crippen LogP contribution in [-0.4, -0.2) is 28.8 Å². The van der Waals surface area contributed by atoms with Crippen LogP contribution in [0.1, 0.15) is 12.8 Å². The fourth-order valence-corrected chi connectivity index (χ4v) is 2.48. The lowest BCUT2D eigenvalue weighted by molar-refractivity contribution is 0.460. The molecular formula is C14H19N3OS. The Balaban J connectivity index is 1.85. The lowest BCUT2D eigenvalue weighted by Gasteiger charge is -2.09. The summed E-state index contributed by atoms with van der Waals surface area (Å²) in [7, 11) is 0. The van der Waals surface area contributed by atoms with E-state index in [-0.39, 0.29) is 0 Å². The zero-order valence-corrected chi connectivity index (χ0v) is 12.1. The zero-order valence-electron chi connectivity index (χ0n) is 11.3. The van der Waals surface area contributed by atoms with E-state index in [1.807, 2.05) is 42.1 Å². The van der Waals surface area contributed by atoms with Crippen molar-refractivity contribution in [2.24, 2.45) is 5.92 Å². The van der Waals surface area contributed by atoms with Gasteiger partial charge in [0.15, 0.2) is 0 Å². The van der Waals surface area contributed by atoms with Crippen LogP contribution in [0.3, 0.4) is 0 Å². The molecule has 4 nitrogen and oxygen atoms in total. The summed E-state index contributed by atoms with van der Waals surface area (Å²) < 4.78 is 5.62. The second kappa shape index (κ2) is 7.31. The van der Waals surface area contributed by atoms with Crippen molar-refractivity contribution in [3.05, 3.63) is 36.2 Å². The van der Waals surface area contributed by atoms with Crippen LogP contribution >= 0.6 is 11.8 Å². The predicted molar refractivity (Wildman–Crippen MR) is 79.0 cm³/mol. The van der Waals surface area contributed by atoms with E-state index in [1.165, 1.54) is 0 Å². The second-order valence-corrected chi connectivity index (χ2v) is 5.47. The van der Waals surface area contributed by atoms with Crippen LogP contribution in [0.15, 0.2) is 34.7 Å². The average molecular weight is 277 g/mol. The molecule has 0 bridgehead atoms. The quantitative estimate of drug-likeness (QED) is 0.843. The molecule has 1 unspecified atom stereocenters. The van der Waals surface area contributed by atoms with Gasteiger partial charge in [0, 0.05) is 5.56 Å². The van der Waals surface area contributed by atoms with Crippen molar-refractivity contribution >= 4 is 11.8 Å². The highest BCUT2D eigenvalue weighted by Crippen LogP contribution is 2.16. The minimum Gasteiger partial charge on any atom is -0.419 e. The number of rotatable bonds is 7. The van der Waals surface area contributed by atoms with Gasteiger partial charge in [-0.3, -0.25) is 0 Å². The Bertz CT molecular complexity index is 486. The van der Waals surface area contributed by atoms with Crippen LogP contribution in [0, 0.1) is 5.92 Å². The molecule has 102 valence electrons. The van der Waals surface area contributed by atoms with Gasteiger partial charge in [-0.1, -0.05) is 25.1 Å². The van der Waals surface area contributed by atoms with Crippen molar-refractivity contribution in [2.45, 2.75) is 13.5 Å². The van der Waals surface area contributed by atoms with Crippen molar-refractivity contribution in [3.8, 4) is 11.5 Å². The third-order valence-corrected chi connectivity index (χ3v) is 3.61. The molecule has 1 N–H and O–H groups in total. The van der Waals surface area contributed by atoms with Crippen LogP contribution in [0.25, 0.3) is 11.5 Å². The maximum absolute atomic E-state index is 5.62. The molecule has 5 heteroatoms. The monoisotopic (exact) mass is 277 g/mol. The summed E-state index contributed by atoms with van der Waals surface area (Å²) in [6.07, 6.45) is 2.13. The molecule has 0 aliphatic rings. The average Bonchev–Trinajstić information content (AvgIpc) is 2.89. The van der Waals surface area contributed by atoms with Crippen LogP contribution < -0.4 is 5.32 Å². The SMILES string of the molecule is CSCC(C)CNCc1nnc(-c2ccccc2)o1. The first kappa shape index (κ1) is 14.1. The largest absolute Gasteiger partial charge is 0.419 e. The van der Waals surface area contributed by atoms with E-state index >= 15 is 0 Å². The fourth-order valence-electron chi connectivity index (χ4n) is 1.79. The van der Waals surface area contributed by atoms with E-state index in [0.29, 0.717) is 24.2 Å². The summed E-state index contributed by atoms with van der Waals surface area (Å²) >= 11 is 1.87. The fraction of sp³-hybridized carbons (Fsp3) is 0.429. The van der Waals surface area contributed by atoms with Crippen LogP contribution in [-0.2, 0) is 6.54 Å². The Morgan fingerprint density at radius 3 is 2.79 bits per heavy atom. The van der Waals surface area contributed by atoms with Gasteiger partial charge in [-0.2, -0.15) is 11.8 Å². The molecule has 0 aliphatic carbocycles. The molecule has 0 aliphatic heterocycles. The number of benzene rings is 1. The second-order valence-electron chi connectivity index (χ2n) is 4.56. The molecule has 0 fully saturated rings. The van der Waals surface area contributed by atoms with Gasteiger partial charge in [-0.05, 0) is 36.6 Å². The van der Waals surface area contributed by atoms with E-state index < -0.39 is 0 Å². The molecule has 0 radical (unpaired) electrons. The standard InChI is InChI=1S/C14H19N3OS/c1-11(10-19-2)8-15-9-13-16-17-14(18-13)12-6-4-3-5-7-12/h3-7,11,15H,8-10H2,1-2H3. The number of nitrogens with one attached hydrogen (secondary N) is 1. The predicted octanol–water partition coefficient (Wildman–Crippen LogP) is 2.83. The number of nitrogens with zero attached hydrogens (tertiary/aromatic N) is 2. The van der Waals surface area contributed by atoms with Crippen LogP contribution in [0.4, 0.5) is 0 Å². The topological polar surface area (TPSA) is 51.0 Å². The number of aromatic nitrogens is 2. The molecular weight excluding hydrogens is 258 g/mol. The third kappa shape index (κ3) is 4.36. The Kier molecular flexibility index (Phi) is 5.42. The number of hydrogen-bond donors (Lipinski definition) is 1. The molecule has 19 heavy (non-hydrogen) atoms. The van der Waals surface area contributed by atoms with Gasteiger partial charge in [-0.25, -0.2) is 0 Å². The first-order valence-corrected chi connectivity index (χ1v) is 7.76. The summed E-state index contributed by atoms with van der Waals surface area (Å²) in [5.41, 5.74) is 0.956. The van der Waals surface area contributed by atoms with E-state index in [2.05, 4.69) is 28.7 Å². The summed E-state index contributed by atoms with van der Waals surface area (Å²) in [5.74, 6) is 3.02. The summed E-state index contributed by atoms with van der Waals surface area (Å²) in [4.78, 5) is 0. The van der Waals surface area contributed by atoms with Gasteiger partial charge in [0.25, 0.3) is 0 Å². The Morgan fingerprint density at radius 2 is 2.05 bits per heavy atom. The first-order valence-electron chi connectivity index (χ1n) is 6.37. The van der Waals surface area contributed by atoms with E-state index in [1.54, 1.807) is 0 Å². The van der Waals surface area contributed by atoms with Gasteiger partial charge >= 0.3 is 0 Å². The molecule has 1 aromatic carbocycles. The van der Waals surface area contributed by atoms with Gasteiger partial charge in [-0.15, -0.1) is 10.2 Å². The summed E-state index contributed by atoms with van der Waals surface area (Å²) in [5, 5.41) is 11.5. The maximum atomic E-state index is 5.62. The number of thioether (sulfide) groups is 1. The zero-order chi connectivity index (χ0) is 13.5. The molecule has 2 aromatic rings. The molecule has 2 rings (SSSR count). The van der Waals surface area contributed by atoms with Crippen molar-refractivity contribution in [1.29, 1.82) is 0 Å². The minimum atomic E-state index is 0.578. The summed E-state index contributed by atoms with van der Waals surface area (Å²) in [6, 6.07) is 9.81. The van der Waals surface area contributed by atoms with E-state index in [4.69, 9.17) is 4.42 Å². The highest BCUT2D eigenvalue weighted by atomic mass is 32.2. The molecule has 0 spiro atoms. The van der Waals surface area contributed by atoms with E-state index in [0.717, 1.165) is 17.9 Å². The Morgan fingerprint density at radius 1 is 1.26 bits per heavy atom. The van der Waals surface area contributed by atoms with Gasteiger partial charge in [0.1, 0.15) is 0 Å². The molecule has 0 saturated carbocycles. The molecule has 0 amide bonds. The maximum Gasteiger partial charge on any atom is 0.247 e. The molecule has 1 aromatic heterocycles. The molecule has 1 atom stereocenters. The lowest BCUT2D eigenvalue weighted by atomic mass is 10.2. The highest BCUT2D eigenvalue weighted by Gasteiger charge is 2.08. The highest BCUT2D eigenvalue weighted by molar-refractivity contribution is 7.98. The molecule has 0 saturated heterocycles. The van der Waals surface area contributed by atoms with Gasteiger partial charge in [0.05, 0.1) is 6.54 Å². The minimum absolute atomic E-state index is 0.578. The number of hydrogen-bond acceptors (Lipinski definition) is 5. The lowest BCUT2D eigenvalue weighted by Crippen LogP contribution is -2.22. The van der Waals surface area contributed by atoms with Gasteiger partial charge in [0.2, 0.25) is 11.8 Å². The van der Waals surface area contributed by atoms with Gasteiger partial charge < -0.3 is 9.73 Å². The normalized spacial score (nSPS) is 12.5. The molecule has 1 heterocycles. The summed E-state index contributed by atoms with van der Waals surface area (Å²) in [6.45, 7) is 3.81. The Hall–Kier alpha value is -1.33. The third-order valence-electron chi connectivity index (χ3n) is 2.71. The smallest absolute Gasteiger partial charge is 0.247 e. The van der Waals surface area contributed by atoms with Crippen LogP contribution in [0.5, 0.6) is 0 Å². The van der Waals surface area contributed by atoms with Crippen LogP contribution in [0.2, 0.25) is 0 Å². The van der Waals surface area contributed by atoms with Crippen molar-refractivity contribution in [1.82, 2.24) is 15.5 Å². The van der Waals surface area contributed by atoms with Crippen molar-refractivity contribution in [2.75, 3.05) is 18.6 Å². The van der Waals surface area contributed by atoms with Crippen molar-refractivity contribution in [3.63, 3.8) is 0 Å². The Labute approximate surface area is 118 Å². The van der Waals surface area contributed by atoms with Crippen molar-refractivity contribution < 1.29 is 4.42 Å². The first-order chi connectivity index (χ1) is 9.29. The van der Waals surface area contributed by atoms with E-state index in [9.17, 15) is 0 Å².